The highest BCUT2D eigenvalue weighted by atomic mass is 32.1. The van der Waals surface area contributed by atoms with Gasteiger partial charge < -0.3 is 9.84 Å². The quantitative estimate of drug-likeness (QED) is 0.924. The van der Waals surface area contributed by atoms with E-state index >= 15 is 0 Å². The topological polar surface area (TPSA) is 76.7 Å². The monoisotopic (exact) mass is 279 g/mol. The van der Waals surface area contributed by atoms with Crippen molar-refractivity contribution in [2.45, 2.75) is 51.6 Å². The van der Waals surface area contributed by atoms with Gasteiger partial charge in [0.05, 0.1) is 12.2 Å². The Balaban J connectivity index is 1.80. The van der Waals surface area contributed by atoms with E-state index in [1.165, 1.54) is 24.4 Å². The zero-order chi connectivity index (χ0) is 13.5. The molecule has 0 atom stereocenters. The summed E-state index contributed by atoms with van der Waals surface area (Å²) < 4.78 is 9.33. The van der Waals surface area contributed by atoms with Crippen LogP contribution in [0.4, 0.5) is 0 Å². The molecule has 3 rings (SSSR count). The van der Waals surface area contributed by atoms with Crippen LogP contribution in [-0.4, -0.2) is 25.8 Å². The van der Waals surface area contributed by atoms with Crippen molar-refractivity contribution in [2.24, 2.45) is 0 Å². The minimum Gasteiger partial charge on any atom is -0.333 e. The molecule has 1 saturated carbocycles. The molecular formula is C12H17N5OS. The predicted molar refractivity (Wildman–Crippen MR) is 71.8 cm³/mol. The first kappa shape index (κ1) is 12.7. The van der Waals surface area contributed by atoms with Crippen LogP contribution in [0.25, 0.3) is 10.8 Å². The fraction of sp³-hybridized carbons (Fsp3) is 0.667. The van der Waals surface area contributed by atoms with Crippen LogP contribution >= 0.6 is 11.5 Å². The number of nitrogens with zero attached hydrogens (tertiary/aromatic N) is 4. The molecule has 1 fully saturated rings. The summed E-state index contributed by atoms with van der Waals surface area (Å²) >= 11 is 1.30. The number of hydrogen-bond acceptors (Lipinski definition) is 7. The van der Waals surface area contributed by atoms with Crippen molar-refractivity contribution in [3.05, 3.63) is 11.5 Å². The summed E-state index contributed by atoms with van der Waals surface area (Å²) in [5.41, 5.74) is 0.825. The lowest BCUT2D eigenvalue weighted by molar-refractivity contribution is 0.418. The predicted octanol–water partition coefficient (Wildman–Crippen LogP) is 2.14. The van der Waals surface area contributed by atoms with Gasteiger partial charge in [-0.25, -0.2) is 0 Å². The minimum atomic E-state index is -0.0801. The summed E-state index contributed by atoms with van der Waals surface area (Å²) in [6.07, 6.45) is 2.50. The van der Waals surface area contributed by atoms with Gasteiger partial charge in [-0.1, -0.05) is 30.4 Å². The molecule has 0 bridgehead atoms. The summed E-state index contributed by atoms with van der Waals surface area (Å²) in [7, 11) is 0. The second-order valence-corrected chi connectivity index (χ2v) is 6.63. The van der Waals surface area contributed by atoms with Crippen LogP contribution in [0.1, 0.15) is 45.1 Å². The Labute approximate surface area is 115 Å². The summed E-state index contributed by atoms with van der Waals surface area (Å²) in [4.78, 5) is 5.29. The molecule has 0 unspecified atom stereocenters. The minimum absolute atomic E-state index is 0.0801. The van der Waals surface area contributed by atoms with E-state index in [4.69, 9.17) is 4.52 Å². The summed E-state index contributed by atoms with van der Waals surface area (Å²) in [6.45, 7) is 6.95. The Morgan fingerprint density at radius 2 is 2.16 bits per heavy atom. The van der Waals surface area contributed by atoms with E-state index in [2.05, 4.69) is 45.8 Å². The maximum atomic E-state index is 5.33. The van der Waals surface area contributed by atoms with Crippen LogP contribution in [0.2, 0.25) is 0 Å². The van der Waals surface area contributed by atoms with Crippen molar-refractivity contribution in [3.63, 3.8) is 0 Å². The van der Waals surface area contributed by atoms with Crippen molar-refractivity contribution >= 4 is 11.5 Å². The molecule has 1 aliphatic carbocycles. The molecule has 0 saturated heterocycles. The van der Waals surface area contributed by atoms with E-state index in [1.807, 2.05) is 0 Å². The molecule has 0 spiro atoms. The van der Waals surface area contributed by atoms with Crippen LogP contribution in [0.3, 0.4) is 0 Å². The van der Waals surface area contributed by atoms with E-state index in [9.17, 15) is 0 Å². The van der Waals surface area contributed by atoms with Gasteiger partial charge in [0.15, 0.2) is 5.82 Å². The summed E-state index contributed by atoms with van der Waals surface area (Å²) in [5, 5.41) is 11.5. The van der Waals surface area contributed by atoms with Gasteiger partial charge in [-0.3, -0.25) is 0 Å². The van der Waals surface area contributed by atoms with Gasteiger partial charge in [0, 0.05) is 11.5 Å². The zero-order valence-electron chi connectivity index (χ0n) is 11.3. The molecule has 6 nitrogen and oxygen atoms in total. The lowest BCUT2D eigenvalue weighted by Gasteiger charge is -2.14. The molecule has 1 N–H and O–H groups in total. The van der Waals surface area contributed by atoms with E-state index in [0.29, 0.717) is 24.3 Å². The second kappa shape index (κ2) is 4.64. The number of aromatic nitrogens is 4. The highest BCUT2D eigenvalue weighted by molar-refractivity contribution is 7.09. The average Bonchev–Trinajstić information content (AvgIpc) is 2.87. The number of hydrogen-bond donors (Lipinski definition) is 1. The van der Waals surface area contributed by atoms with Gasteiger partial charge in [0.1, 0.15) is 4.88 Å². The lowest BCUT2D eigenvalue weighted by Crippen LogP contribution is -2.16. The molecule has 1 aliphatic rings. The Morgan fingerprint density at radius 3 is 2.84 bits per heavy atom. The Morgan fingerprint density at radius 1 is 1.37 bits per heavy atom. The molecule has 0 aliphatic heterocycles. The molecule has 0 radical (unpaired) electrons. The third-order valence-corrected chi connectivity index (χ3v) is 3.70. The van der Waals surface area contributed by atoms with Crippen LogP contribution in [0.15, 0.2) is 4.52 Å². The van der Waals surface area contributed by atoms with E-state index in [1.54, 1.807) is 0 Å². The summed E-state index contributed by atoms with van der Waals surface area (Å²) in [5.74, 6) is 1.21. The van der Waals surface area contributed by atoms with E-state index in [-0.39, 0.29) is 5.41 Å². The van der Waals surface area contributed by atoms with Crippen molar-refractivity contribution in [2.75, 3.05) is 0 Å². The van der Waals surface area contributed by atoms with Gasteiger partial charge >= 0.3 is 0 Å². The maximum Gasteiger partial charge on any atom is 0.271 e. The van der Waals surface area contributed by atoms with Gasteiger partial charge in [-0.05, 0) is 24.4 Å². The molecular weight excluding hydrogens is 262 g/mol. The average molecular weight is 279 g/mol. The number of nitrogens with one attached hydrogen (secondary N) is 1. The van der Waals surface area contributed by atoms with Crippen molar-refractivity contribution < 1.29 is 4.52 Å². The Hall–Kier alpha value is -1.34. The van der Waals surface area contributed by atoms with Crippen LogP contribution in [-0.2, 0) is 12.0 Å². The van der Waals surface area contributed by atoms with Crippen LogP contribution in [0.5, 0.6) is 0 Å². The Kier molecular flexibility index (Phi) is 3.10. The number of rotatable bonds is 4. The van der Waals surface area contributed by atoms with Crippen LogP contribution < -0.4 is 5.32 Å². The smallest absolute Gasteiger partial charge is 0.271 e. The first-order valence-electron chi connectivity index (χ1n) is 6.43. The van der Waals surface area contributed by atoms with Gasteiger partial charge in [0.25, 0.3) is 5.89 Å². The molecule has 2 aromatic heterocycles. The Bertz CT molecular complexity index is 567. The first-order chi connectivity index (χ1) is 9.04. The van der Waals surface area contributed by atoms with Crippen LogP contribution in [0, 0.1) is 0 Å². The molecule has 2 heterocycles. The fourth-order valence-electron chi connectivity index (χ4n) is 1.76. The van der Waals surface area contributed by atoms with Crippen molar-refractivity contribution in [1.82, 2.24) is 25.0 Å². The highest BCUT2D eigenvalue weighted by Gasteiger charge is 2.27. The molecule has 2 aromatic rings. The maximum absolute atomic E-state index is 5.33. The normalized spacial score (nSPS) is 15.9. The lowest BCUT2D eigenvalue weighted by atomic mass is 9.91. The zero-order valence-corrected chi connectivity index (χ0v) is 12.1. The van der Waals surface area contributed by atoms with E-state index < -0.39 is 0 Å². The van der Waals surface area contributed by atoms with Crippen molar-refractivity contribution in [1.29, 1.82) is 0 Å². The SMILES string of the molecule is CC(C)(C)c1nnsc1-c1nc(CNC2CC2)no1. The fourth-order valence-corrected chi connectivity index (χ4v) is 2.56. The largest absolute Gasteiger partial charge is 0.333 e. The molecule has 19 heavy (non-hydrogen) atoms. The van der Waals surface area contributed by atoms with Gasteiger partial charge in [-0.15, -0.1) is 5.10 Å². The standard InChI is InChI=1S/C12H17N5OS/c1-12(2,3)10-9(19-17-15-10)11-14-8(16-18-11)6-13-7-4-5-7/h7,13H,4-6H2,1-3H3. The van der Waals surface area contributed by atoms with Crippen molar-refractivity contribution in [3.8, 4) is 10.8 Å². The molecule has 102 valence electrons. The second-order valence-electron chi connectivity index (χ2n) is 5.87. The highest BCUT2D eigenvalue weighted by Crippen LogP contribution is 2.32. The third-order valence-electron chi connectivity index (χ3n) is 2.99. The summed E-state index contributed by atoms with van der Waals surface area (Å²) in [6, 6.07) is 0.636. The van der Waals surface area contributed by atoms with Gasteiger partial charge in [-0.2, -0.15) is 4.98 Å². The first-order valence-corrected chi connectivity index (χ1v) is 7.20. The van der Waals surface area contributed by atoms with Gasteiger partial charge in [0.2, 0.25) is 0 Å². The third kappa shape index (κ3) is 2.82. The molecule has 7 heteroatoms. The van der Waals surface area contributed by atoms with E-state index in [0.717, 1.165) is 10.6 Å². The molecule has 0 aromatic carbocycles. The molecule has 0 amide bonds.